The second-order valence-corrected chi connectivity index (χ2v) is 8.70. The molecular weight excluding hydrogens is 352 g/mol. The number of nitrogens with one attached hydrogen (secondary N) is 1. The number of benzene rings is 1. The van der Waals surface area contributed by atoms with Gasteiger partial charge >= 0.3 is 5.97 Å². The molecule has 2 aliphatic heterocycles. The highest BCUT2D eigenvalue weighted by molar-refractivity contribution is 8.01. The molecule has 1 aromatic rings. The fourth-order valence-corrected chi connectivity index (χ4v) is 4.79. The average molecular weight is 376 g/mol. The van der Waals surface area contributed by atoms with Crippen LogP contribution in [0.3, 0.4) is 0 Å². The number of hydrogen-bond donors (Lipinski definition) is 1. The van der Waals surface area contributed by atoms with E-state index >= 15 is 0 Å². The lowest BCUT2D eigenvalue weighted by molar-refractivity contribution is -0.155. The summed E-state index contributed by atoms with van der Waals surface area (Å²) in [5.41, 5.74) is 1.85. The molecule has 2 fully saturated rings. The van der Waals surface area contributed by atoms with Crippen LogP contribution in [0.4, 0.5) is 5.69 Å². The van der Waals surface area contributed by atoms with Crippen LogP contribution in [0.2, 0.25) is 0 Å². The Bertz CT molecular complexity index is 719. The zero-order chi connectivity index (χ0) is 18.9. The summed E-state index contributed by atoms with van der Waals surface area (Å²) in [4.78, 5) is 37.7. The third-order valence-electron chi connectivity index (χ3n) is 4.92. The van der Waals surface area contributed by atoms with Gasteiger partial charge in [0.2, 0.25) is 5.91 Å². The molecule has 7 heteroatoms. The molecule has 2 atom stereocenters. The van der Waals surface area contributed by atoms with Gasteiger partial charge in [-0.3, -0.25) is 9.59 Å². The van der Waals surface area contributed by atoms with Crippen LogP contribution in [0.25, 0.3) is 0 Å². The first-order chi connectivity index (χ1) is 12.3. The van der Waals surface area contributed by atoms with Crippen molar-refractivity contribution in [3.05, 3.63) is 29.8 Å². The fraction of sp³-hybridized carbons (Fsp3) is 0.526. The maximum Gasteiger partial charge on any atom is 0.330 e. The van der Waals surface area contributed by atoms with E-state index in [2.05, 4.69) is 19.2 Å². The van der Waals surface area contributed by atoms with Gasteiger partial charge in [0.1, 0.15) is 6.04 Å². The first-order valence-electron chi connectivity index (χ1n) is 8.83. The summed E-state index contributed by atoms with van der Waals surface area (Å²) >= 11 is 1.60. The van der Waals surface area contributed by atoms with Crippen molar-refractivity contribution in [2.45, 2.75) is 50.4 Å². The molecule has 0 saturated carbocycles. The number of rotatable bonds is 5. The molecule has 26 heavy (non-hydrogen) atoms. The molecule has 1 aromatic carbocycles. The summed E-state index contributed by atoms with van der Waals surface area (Å²) in [6.07, 6.45) is 1.20. The molecule has 3 rings (SSSR count). The van der Waals surface area contributed by atoms with Crippen LogP contribution >= 0.6 is 11.8 Å². The van der Waals surface area contributed by atoms with E-state index in [0.29, 0.717) is 23.8 Å². The van der Waals surface area contributed by atoms with Crippen molar-refractivity contribution in [2.75, 3.05) is 17.7 Å². The number of carbonyl (C=O) groups excluding carboxylic acids is 3. The van der Waals surface area contributed by atoms with Crippen molar-refractivity contribution in [2.24, 2.45) is 0 Å². The van der Waals surface area contributed by atoms with E-state index < -0.39 is 17.9 Å². The quantitative estimate of drug-likeness (QED) is 0.800. The van der Waals surface area contributed by atoms with E-state index in [1.165, 1.54) is 5.56 Å². The molecule has 0 bridgehead atoms. The predicted octanol–water partition coefficient (Wildman–Crippen LogP) is 2.75. The molecule has 0 radical (unpaired) electrons. The number of carbonyl (C=O) groups is 3. The SMILES string of the molecule is CC(C)c1ccc(NC(=O)COC(=O)[C@@H]2CS[C@]3(C)CCC(=O)N23)cc1. The summed E-state index contributed by atoms with van der Waals surface area (Å²) in [7, 11) is 0. The highest BCUT2D eigenvalue weighted by Crippen LogP contribution is 2.47. The van der Waals surface area contributed by atoms with Gasteiger partial charge < -0.3 is 15.0 Å². The zero-order valence-electron chi connectivity index (χ0n) is 15.3. The zero-order valence-corrected chi connectivity index (χ0v) is 16.1. The van der Waals surface area contributed by atoms with E-state index in [1.54, 1.807) is 16.7 Å². The molecule has 2 amide bonds. The van der Waals surface area contributed by atoms with Crippen molar-refractivity contribution in [1.29, 1.82) is 0 Å². The van der Waals surface area contributed by atoms with Crippen molar-refractivity contribution in [3.63, 3.8) is 0 Å². The number of esters is 1. The summed E-state index contributed by atoms with van der Waals surface area (Å²) in [5, 5.41) is 2.71. The molecule has 0 aromatic heterocycles. The minimum Gasteiger partial charge on any atom is -0.454 e. The van der Waals surface area contributed by atoms with Gasteiger partial charge in [-0.15, -0.1) is 11.8 Å². The van der Waals surface area contributed by atoms with Crippen molar-refractivity contribution >= 4 is 35.2 Å². The number of amides is 2. The lowest BCUT2D eigenvalue weighted by Gasteiger charge is -2.29. The van der Waals surface area contributed by atoms with Crippen molar-refractivity contribution in [1.82, 2.24) is 4.90 Å². The van der Waals surface area contributed by atoms with Gasteiger partial charge in [0.25, 0.3) is 5.91 Å². The van der Waals surface area contributed by atoms with Gasteiger partial charge in [-0.25, -0.2) is 4.79 Å². The van der Waals surface area contributed by atoms with E-state index in [1.807, 2.05) is 31.2 Å². The lowest BCUT2D eigenvalue weighted by Crippen LogP contribution is -2.47. The second kappa shape index (κ2) is 7.31. The molecule has 2 aliphatic rings. The van der Waals surface area contributed by atoms with Crippen LogP contribution in [0.1, 0.15) is 45.1 Å². The van der Waals surface area contributed by atoms with Gasteiger partial charge in [-0.2, -0.15) is 0 Å². The molecular formula is C19H24N2O4S. The van der Waals surface area contributed by atoms with E-state index in [0.717, 1.165) is 6.42 Å². The normalized spacial score (nSPS) is 24.7. The van der Waals surface area contributed by atoms with E-state index in [9.17, 15) is 14.4 Å². The maximum atomic E-state index is 12.3. The standard InChI is InChI=1S/C19H24N2O4S/c1-12(2)13-4-6-14(7-5-13)20-16(22)10-25-18(24)15-11-26-19(3)9-8-17(23)21(15)19/h4-7,12,15H,8-11H2,1-3H3,(H,20,22)/t15-,19+/m0/s1. The number of fused-ring (bicyclic) bond motifs is 1. The summed E-state index contributed by atoms with van der Waals surface area (Å²) < 4.78 is 5.17. The van der Waals surface area contributed by atoms with Crippen LogP contribution in [0.5, 0.6) is 0 Å². The maximum absolute atomic E-state index is 12.3. The van der Waals surface area contributed by atoms with Crippen LogP contribution in [-0.4, -0.2) is 46.0 Å². The fourth-order valence-electron chi connectivity index (χ4n) is 3.38. The largest absolute Gasteiger partial charge is 0.454 e. The number of ether oxygens (including phenoxy) is 1. The Hall–Kier alpha value is -2.02. The monoisotopic (exact) mass is 376 g/mol. The third-order valence-corrected chi connectivity index (χ3v) is 6.43. The van der Waals surface area contributed by atoms with E-state index in [4.69, 9.17) is 4.74 Å². The Balaban J connectivity index is 1.51. The third kappa shape index (κ3) is 3.72. The van der Waals surface area contributed by atoms with Crippen molar-refractivity contribution < 1.29 is 19.1 Å². The Morgan fingerprint density at radius 2 is 2.04 bits per heavy atom. The Labute approximate surface area is 157 Å². The van der Waals surface area contributed by atoms with Crippen LogP contribution < -0.4 is 5.32 Å². The molecule has 140 valence electrons. The molecule has 2 saturated heterocycles. The molecule has 0 aliphatic carbocycles. The summed E-state index contributed by atoms with van der Waals surface area (Å²) in [6.45, 7) is 5.82. The van der Waals surface area contributed by atoms with Crippen LogP contribution in [-0.2, 0) is 19.1 Å². The lowest BCUT2D eigenvalue weighted by atomic mass is 10.0. The molecule has 6 nitrogen and oxygen atoms in total. The minimum absolute atomic E-state index is 0.0193. The Morgan fingerprint density at radius 3 is 2.69 bits per heavy atom. The molecule has 0 unspecified atom stereocenters. The summed E-state index contributed by atoms with van der Waals surface area (Å²) in [6, 6.07) is 6.98. The van der Waals surface area contributed by atoms with Gasteiger partial charge in [0.05, 0.1) is 4.87 Å². The minimum atomic E-state index is -0.599. The average Bonchev–Trinajstić information content (AvgIpc) is 3.09. The highest BCUT2D eigenvalue weighted by Gasteiger charge is 2.53. The number of hydrogen-bond acceptors (Lipinski definition) is 5. The number of anilines is 1. The molecule has 1 N–H and O–H groups in total. The Morgan fingerprint density at radius 1 is 1.35 bits per heavy atom. The second-order valence-electron chi connectivity index (χ2n) is 7.20. The van der Waals surface area contributed by atoms with Gasteiger partial charge in [0, 0.05) is 17.9 Å². The number of nitrogens with zero attached hydrogens (tertiary/aromatic N) is 1. The number of thioether (sulfide) groups is 1. The topological polar surface area (TPSA) is 75.7 Å². The Kier molecular flexibility index (Phi) is 5.27. The van der Waals surface area contributed by atoms with Gasteiger partial charge in [0.15, 0.2) is 6.61 Å². The first kappa shape index (κ1) is 18.8. The van der Waals surface area contributed by atoms with E-state index in [-0.39, 0.29) is 17.4 Å². The van der Waals surface area contributed by atoms with Gasteiger partial charge in [-0.1, -0.05) is 26.0 Å². The first-order valence-corrected chi connectivity index (χ1v) is 9.81. The van der Waals surface area contributed by atoms with Crippen LogP contribution in [0.15, 0.2) is 24.3 Å². The highest BCUT2D eigenvalue weighted by atomic mass is 32.2. The van der Waals surface area contributed by atoms with Crippen LogP contribution in [0, 0.1) is 0 Å². The predicted molar refractivity (Wildman–Crippen MR) is 101 cm³/mol. The molecule has 0 spiro atoms. The van der Waals surface area contributed by atoms with Crippen molar-refractivity contribution in [3.8, 4) is 0 Å². The smallest absolute Gasteiger partial charge is 0.330 e. The molecule has 2 heterocycles. The summed E-state index contributed by atoms with van der Waals surface area (Å²) in [5.74, 6) is 0.0102. The van der Waals surface area contributed by atoms with Gasteiger partial charge in [-0.05, 0) is 37.0 Å².